The van der Waals surface area contributed by atoms with Gasteiger partial charge in [-0.05, 0) is 18.9 Å². The molecule has 22 heavy (non-hydrogen) atoms. The summed E-state index contributed by atoms with van der Waals surface area (Å²) in [5.41, 5.74) is 0.973. The molecular formula is C12H19N3O4S3. The molecule has 0 atom stereocenters. The third-order valence-corrected chi connectivity index (χ3v) is 7.90. The van der Waals surface area contributed by atoms with Crippen molar-refractivity contribution in [2.24, 2.45) is 5.14 Å². The van der Waals surface area contributed by atoms with Crippen molar-refractivity contribution in [3.8, 4) is 0 Å². The largest absolute Gasteiger partial charge is 0.383 e. The van der Waals surface area contributed by atoms with Crippen molar-refractivity contribution in [3.63, 3.8) is 0 Å². The van der Waals surface area contributed by atoms with Crippen molar-refractivity contribution >= 4 is 37.1 Å². The van der Waals surface area contributed by atoms with Crippen molar-refractivity contribution in [1.29, 1.82) is 0 Å². The van der Waals surface area contributed by atoms with Crippen molar-refractivity contribution in [2.75, 3.05) is 13.1 Å². The normalized spacial score (nSPS) is 17.0. The minimum Gasteiger partial charge on any atom is -0.383 e. The van der Waals surface area contributed by atoms with Gasteiger partial charge in [0.1, 0.15) is 4.21 Å². The average molecular weight is 366 g/mol. The number of rotatable bonds is 6. The van der Waals surface area contributed by atoms with E-state index >= 15 is 0 Å². The third-order valence-electron chi connectivity index (χ3n) is 3.07. The Balaban J connectivity index is 2.60. The van der Waals surface area contributed by atoms with E-state index < -0.39 is 20.0 Å². The van der Waals surface area contributed by atoms with Crippen LogP contribution >= 0.6 is 11.3 Å². The highest BCUT2D eigenvalue weighted by Crippen LogP contribution is 2.38. The smallest absolute Gasteiger partial charge is 0.274 e. The molecule has 0 radical (unpaired) electrons. The molecular weight excluding hydrogens is 346 g/mol. The number of primary sulfonamides is 1. The lowest BCUT2D eigenvalue weighted by molar-refractivity contribution is 0.493. The fourth-order valence-corrected chi connectivity index (χ4v) is 6.17. The highest BCUT2D eigenvalue weighted by atomic mass is 32.3. The molecule has 0 spiro atoms. The molecule has 1 aromatic rings. The van der Waals surface area contributed by atoms with E-state index in [2.05, 4.69) is 5.32 Å². The van der Waals surface area contributed by atoms with Crippen LogP contribution < -0.4 is 10.5 Å². The van der Waals surface area contributed by atoms with Crippen LogP contribution in [0.15, 0.2) is 20.7 Å². The van der Waals surface area contributed by atoms with Gasteiger partial charge in [0.2, 0.25) is 10.0 Å². The van der Waals surface area contributed by atoms with Gasteiger partial charge in [-0.25, -0.2) is 22.0 Å². The van der Waals surface area contributed by atoms with Gasteiger partial charge >= 0.3 is 0 Å². The van der Waals surface area contributed by atoms with E-state index in [-0.39, 0.29) is 8.42 Å². The van der Waals surface area contributed by atoms with Crippen LogP contribution in [0, 0.1) is 0 Å². The van der Waals surface area contributed by atoms with Gasteiger partial charge < -0.3 is 5.32 Å². The lowest BCUT2D eigenvalue weighted by atomic mass is 10.2. The molecule has 0 amide bonds. The topological polar surface area (TPSA) is 110 Å². The maximum absolute atomic E-state index is 12.6. The van der Waals surface area contributed by atoms with Crippen LogP contribution in [-0.2, 0) is 20.0 Å². The zero-order chi connectivity index (χ0) is 16.5. The summed E-state index contributed by atoms with van der Waals surface area (Å²) in [5, 5.41) is 8.28. The zero-order valence-electron chi connectivity index (χ0n) is 12.4. The second kappa shape index (κ2) is 6.19. The average Bonchev–Trinajstić information content (AvgIpc) is 2.87. The van der Waals surface area contributed by atoms with Gasteiger partial charge in [0.25, 0.3) is 10.0 Å². The molecule has 3 N–H and O–H groups in total. The van der Waals surface area contributed by atoms with E-state index in [0.717, 1.165) is 6.42 Å². The SMILES string of the molecule is CCCNC1=CN(CCC)S(=O)(=O)c2sc(S(N)(=O)=O)cc21. The Morgan fingerprint density at radius 2 is 2.00 bits per heavy atom. The summed E-state index contributed by atoms with van der Waals surface area (Å²) in [6, 6.07) is 1.32. The van der Waals surface area contributed by atoms with Crippen LogP contribution in [0.4, 0.5) is 0 Å². The Hall–Kier alpha value is -1.10. The maximum Gasteiger partial charge on any atom is 0.274 e. The number of sulfonamides is 2. The van der Waals surface area contributed by atoms with Crippen LogP contribution in [0.25, 0.3) is 5.70 Å². The Morgan fingerprint density at radius 1 is 1.32 bits per heavy atom. The zero-order valence-corrected chi connectivity index (χ0v) is 14.8. The van der Waals surface area contributed by atoms with E-state index in [0.29, 0.717) is 42.1 Å². The van der Waals surface area contributed by atoms with Crippen molar-refractivity contribution in [3.05, 3.63) is 17.8 Å². The first-order valence-corrected chi connectivity index (χ1v) is 10.7. The van der Waals surface area contributed by atoms with E-state index in [1.807, 2.05) is 13.8 Å². The molecule has 124 valence electrons. The fourth-order valence-electron chi connectivity index (χ4n) is 2.07. The van der Waals surface area contributed by atoms with Crippen LogP contribution in [-0.4, -0.2) is 34.2 Å². The summed E-state index contributed by atoms with van der Waals surface area (Å²) in [6.07, 6.45) is 3.04. The van der Waals surface area contributed by atoms with Gasteiger partial charge in [0, 0.05) is 24.9 Å². The van der Waals surface area contributed by atoms with E-state index in [4.69, 9.17) is 5.14 Å². The Bertz CT molecular complexity index is 794. The van der Waals surface area contributed by atoms with Gasteiger partial charge in [-0.3, -0.25) is 4.31 Å². The van der Waals surface area contributed by atoms with Crippen molar-refractivity contribution in [1.82, 2.24) is 9.62 Å². The van der Waals surface area contributed by atoms with Gasteiger partial charge in [-0.15, -0.1) is 11.3 Å². The Kier molecular flexibility index (Phi) is 4.85. The first-order chi connectivity index (χ1) is 10.2. The third kappa shape index (κ3) is 3.14. The summed E-state index contributed by atoms with van der Waals surface area (Å²) in [7, 11) is -7.67. The number of hydrogen-bond donors (Lipinski definition) is 2. The molecule has 1 aromatic heterocycles. The number of thiophene rings is 1. The van der Waals surface area contributed by atoms with E-state index in [1.54, 1.807) is 0 Å². The van der Waals surface area contributed by atoms with Crippen LogP contribution in [0.3, 0.4) is 0 Å². The van der Waals surface area contributed by atoms with Gasteiger partial charge in [-0.1, -0.05) is 13.8 Å². The predicted molar refractivity (Wildman–Crippen MR) is 86.1 cm³/mol. The number of nitrogens with one attached hydrogen (secondary N) is 1. The minimum atomic E-state index is -3.94. The van der Waals surface area contributed by atoms with Gasteiger partial charge in [0.15, 0.2) is 4.21 Å². The predicted octanol–water partition coefficient (Wildman–Crippen LogP) is 1.11. The summed E-state index contributed by atoms with van der Waals surface area (Å²) in [6.45, 7) is 4.86. The quantitative estimate of drug-likeness (QED) is 0.785. The molecule has 2 rings (SSSR count). The second-order valence-electron chi connectivity index (χ2n) is 4.90. The monoisotopic (exact) mass is 365 g/mol. The Morgan fingerprint density at radius 3 is 2.55 bits per heavy atom. The molecule has 0 aromatic carbocycles. The second-order valence-corrected chi connectivity index (χ2v) is 9.82. The molecule has 1 aliphatic heterocycles. The molecule has 0 fully saturated rings. The molecule has 0 saturated carbocycles. The van der Waals surface area contributed by atoms with Crippen LogP contribution in [0.2, 0.25) is 0 Å². The standard InChI is InChI=1S/C12H19N3O4S3/c1-3-5-14-10-8-15(6-4-2)22(18,19)12-9(10)7-11(20-12)21(13,16)17/h7-8,14H,3-6H2,1-2H3,(H2,13,16,17). The lowest BCUT2D eigenvalue weighted by Gasteiger charge is -2.26. The first kappa shape index (κ1) is 17.3. The first-order valence-electron chi connectivity index (χ1n) is 6.86. The molecule has 2 heterocycles. The number of nitrogens with two attached hydrogens (primary N) is 1. The van der Waals surface area contributed by atoms with E-state index in [1.165, 1.54) is 16.6 Å². The van der Waals surface area contributed by atoms with Crippen LogP contribution in [0.5, 0.6) is 0 Å². The van der Waals surface area contributed by atoms with Gasteiger partial charge in [-0.2, -0.15) is 0 Å². The van der Waals surface area contributed by atoms with Crippen molar-refractivity contribution < 1.29 is 16.8 Å². The summed E-state index contributed by atoms with van der Waals surface area (Å²) < 4.78 is 49.3. The highest BCUT2D eigenvalue weighted by Gasteiger charge is 2.34. The highest BCUT2D eigenvalue weighted by molar-refractivity contribution is 7.94. The summed E-state index contributed by atoms with van der Waals surface area (Å²) >= 11 is 0.693. The minimum absolute atomic E-state index is 0.0195. The van der Waals surface area contributed by atoms with E-state index in [9.17, 15) is 16.8 Å². The Labute approximate surface area is 134 Å². The van der Waals surface area contributed by atoms with Crippen molar-refractivity contribution in [2.45, 2.75) is 35.1 Å². The molecule has 7 nitrogen and oxygen atoms in total. The number of hydrogen-bond acceptors (Lipinski definition) is 6. The number of nitrogens with zero attached hydrogens (tertiary/aromatic N) is 1. The number of fused-ring (bicyclic) bond motifs is 1. The maximum atomic E-state index is 12.6. The van der Waals surface area contributed by atoms with Crippen LogP contribution in [0.1, 0.15) is 32.3 Å². The van der Waals surface area contributed by atoms with Gasteiger partial charge in [0.05, 0.1) is 5.70 Å². The summed E-state index contributed by atoms with van der Waals surface area (Å²) in [5.74, 6) is 0. The molecule has 0 saturated heterocycles. The molecule has 1 aliphatic rings. The molecule has 0 aliphatic carbocycles. The fraction of sp³-hybridized carbons (Fsp3) is 0.500. The summed E-state index contributed by atoms with van der Waals surface area (Å²) in [4.78, 5) is 0. The lowest BCUT2D eigenvalue weighted by Crippen LogP contribution is -2.32. The molecule has 0 unspecified atom stereocenters. The molecule has 0 bridgehead atoms. The molecule has 10 heteroatoms.